The molecule has 0 atom stereocenters. The van der Waals surface area contributed by atoms with Gasteiger partial charge in [-0.15, -0.1) is 0 Å². The molecule has 46 heavy (non-hydrogen) atoms. The van der Waals surface area contributed by atoms with Crippen molar-refractivity contribution in [2.24, 2.45) is 0 Å². The largest absolute Gasteiger partial charge is 0.450 e. The number of furan rings is 1. The van der Waals surface area contributed by atoms with Crippen molar-refractivity contribution in [3.63, 3.8) is 0 Å². The molecule has 0 amide bonds. The zero-order valence-electron chi connectivity index (χ0n) is 24.7. The van der Waals surface area contributed by atoms with Crippen LogP contribution in [0.4, 0.5) is 0 Å². The standard InChI is InChI=1S/C42H25N3O/c1-2-11-26(12-3-1)28-16-10-17-31(23-28)41-43-38-34-22-21-27-13-6-7-18-32(27)39(34)46-40(38)42(44-41)45-36-20-9-8-19-33(36)35-24-29-14-4-5-15-30(29)25-37(35)45/h1-25H. The van der Waals surface area contributed by atoms with Crippen LogP contribution in [0.2, 0.25) is 0 Å². The highest BCUT2D eigenvalue weighted by atomic mass is 16.3. The highest BCUT2D eigenvalue weighted by molar-refractivity contribution is 6.17. The summed E-state index contributed by atoms with van der Waals surface area (Å²) in [7, 11) is 0. The molecule has 0 spiro atoms. The van der Waals surface area contributed by atoms with Gasteiger partial charge >= 0.3 is 0 Å². The number of fused-ring (bicyclic) bond motifs is 9. The molecule has 7 aromatic carbocycles. The minimum Gasteiger partial charge on any atom is -0.450 e. The Balaban J connectivity index is 1.35. The Morgan fingerprint density at radius 1 is 0.413 bits per heavy atom. The summed E-state index contributed by atoms with van der Waals surface area (Å²) in [5.74, 6) is 1.38. The van der Waals surface area contributed by atoms with Crippen molar-refractivity contribution in [3.8, 4) is 28.3 Å². The van der Waals surface area contributed by atoms with Crippen LogP contribution >= 0.6 is 0 Å². The molecule has 214 valence electrons. The van der Waals surface area contributed by atoms with Crippen LogP contribution < -0.4 is 0 Å². The molecule has 3 heterocycles. The molecule has 0 bridgehead atoms. The molecule has 0 aliphatic rings. The van der Waals surface area contributed by atoms with Crippen molar-refractivity contribution in [2.75, 3.05) is 0 Å². The Morgan fingerprint density at radius 2 is 1.11 bits per heavy atom. The van der Waals surface area contributed by atoms with Gasteiger partial charge in [0.25, 0.3) is 0 Å². The van der Waals surface area contributed by atoms with Gasteiger partial charge in [0.1, 0.15) is 11.1 Å². The molecule has 0 saturated heterocycles. The lowest BCUT2D eigenvalue weighted by Gasteiger charge is -2.11. The van der Waals surface area contributed by atoms with Crippen LogP contribution in [0.25, 0.3) is 93.8 Å². The summed E-state index contributed by atoms with van der Waals surface area (Å²) in [6, 6.07) is 53.2. The first-order valence-corrected chi connectivity index (χ1v) is 15.5. The Bertz CT molecular complexity index is 2810. The van der Waals surface area contributed by atoms with Gasteiger partial charge in [0.05, 0.1) is 11.0 Å². The van der Waals surface area contributed by atoms with Crippen LogP contribution in [-0.4, -0.2) is 14.5 Å². The third-order valence-corrected chi connectivity index (χ3v) is 9.17. The van der Waals surface area contributed by atoms with E-state index in [9.17, 15) is 0 Å². The van der Waals surface area contributed by atoms with Gasteiger partial charge in [0.2, 0.25) is 0 Å². The number of hydrogen-bond donors (Lipinski definition) is 0. The number of rotatable bonds is 3. The summed E-state index contributed by atoms with van der Waals surface area (Å²) in [6.45, 7) is 0. The molecule has 0 saturated carbocycles. The van der Waals surface area contributed by atoms with E-state index in [1.165, 1.54) is 21.5 Å². The molecule has 4 nitrogen and oxygen atoms in total. The first kappa shape index (κ1) is 25.1. The predicted octanol–water partition coefficient (Wildman–Crippen LogP) is 11.1. The second-order valence-electron chi connectivity index (χ2n) is 11.8. The monoisotopic (exact) mass is 587 g/mol. The molecule has 0 aliphatic carbocycles. The summed E-state index contributed by atoms with van der Waals surface area (Å²) in [6.07, 6.45) is 0. The fourth-order valence-electron chi connectivity index (χ4n) is 6.99. The van der Waals surface area contributed by atoms with Crippen molar-refractivity contribution in [2.45, 2.75) is 0 Å². The van der Waals surface area contributed by atoms with Gasteiger partial charge in [-0.2, -0.15) is 0 Å². The van der Waals surface area contributed by atoms with E-state index in [1.807, 2.05) is 6.07 Å². The van der Waals surface area contributed by atoms with E-state index in [-0.39, 0.29) is 0 Å². The molecule has 0 aliphatic heterocycles. The minimum absolute atomic E-state index is 0.655. The predicted molar refractivity (Wildman–Crippen MR) is 190 cm³/mol. The first-order chi connectivity index (χ1) is 22.8. The molecule has 4 heteroatoms. The zero-order chi connectivity index (χ0) is 30.2. The SMILES string of the molecule is c1ccc(-c2cccc(-c3nc(-n4c5ccccc5c5cc6ccccc6cc54)c4oc5c6ccccc6ccc5c4n3)c2)cc1. The fourth-order valence-corrected chi connectivity index (χ4v) is 6.99. The van der Waals surface area contributed by atoms with Crippen LogP contribution in [-0.2, 0) is 0 Å². The lowest BCUT2D eigenvalue weighted by Crippen LogP contribution is -2.02. The first-order valence-electron chi connectivity index (χ1n) is 15.5. The van der Waals surface area contributed by atoms with Gasteiger partial charge in [0.15, 0.2) is 17.2 Å². The van der Waals surface area contributed by atoms with E-state index in [2.05, 4.69) is 150 Å². The smallest absolute Gasteiger partial charge is 0.197 e. The van der Waals surface area contributed by atoms with Crippen LogP contribution in [0, 0.1) is 0 Å². The zero-order valence-corrected chi connectivity index (χ0v) is 24.7. The molecule has 10 rings (SSSR count). The van der Waals surface area contributed by atoms with E-state index in [4.69, 9.17) is 14.4 Å². The lowest BCUT2D eigenvalue weighted by molar-refractivity contribution is 0.666. The summed E-state index contributed by atoms with van der Waals surface area (Å²) in [5.41, 5.74) is 7.67. The van der Waals surface area contributed by atoms with Gasteiger partial charge in [-0.3, -0.25) is 4.57 Å². The molecular weight excluding hydrogens is 562 g/mol. The molecule has 0 unspecified atom stereocenters. The second-order valence-corrected chi connectivity index (χ2v) is 11.8. The normalized spacial score (nSPS) is 11.9. The summed E-state index contributed by atoms with van der Waals surface area (Å²) in [4.78, 5) is 10.6. The van der Waals surface area contributed by atoms with Crippen LogP contribution in [0.5, 0.6) is 0 Å². The Kier molecular flexibility index (Phi) is 5.25. The van der Waals surface area contributed by atoms with E-state index >= 15 is 0 Å². The van der Waals surface area contributed by atoms with E-state index < -0.39 is 0 Å². The molecule has 0 radical (unpaired) electrons. The summed E-state index contributed by atoms with van der Waals surface area (Å²) < 4.78 is 9.10. The quantitative estimate of drug-likeness (QED) is 0.207. The third-order valence-electron chi connectivity index (χ3n) is 9.17. The van der Waals surface area contributed by atoms with Crippen molar-refractivity contribution in [1.82, 2.24) is 14.5 Å². The maximum Gasteiger partial charge on any atom is 0.197 e. The fraction of sp³-hybridized carbons (Fsp3) is 0. The van der Waals surface area contributed by atoms with Gasteiger partial charge in [-0.05, 0) is 57.6 Å². The van der Waals surface area contributed by atoms with Crippen molar-refractivity contribution in [1.29, 1.82) is 0 Å². The van der Waals surface area contributed by atoms with Gasteiger partial charge in [-0.1, -0.05) is 121 Å². The van der Waals surface area contributed by atoms with Crippen LogP contribution in [0.1, 0.15) is 0 Å². The number of benzene rings is 7. The van der Waals surface area contributed by atoms with Crippen LogP contribution in [0.3, 0.4) is 0 Å². The number of hydrogen-bond acceptors (Lipinski definition) is 3. The Hall–Kier alpha value is -6.26. The number of aromatic nitrogens is 3. The average Bonchev–Trinajstić information content (AvgIpc) is 3.66. The highest BCUT2D eigenvalue weighted by Crippen LogP contribution is 2.40. The number of para-hydroxylation sites is 1. The lowest BCUT2D eigenvalue weighted by atomic mass is 10.0. The molecule has 3 aromatic heterocycles. The number of nitrogens with zero attached hydrogens (tertiary/aromatic N) is 3. The summed E-state index contributed by atoms with van der Waals surface area (Å²) >= 11 is 0. The second kappa shape index (κ2) is 9.62. The maximum atomic E-state index is 6.84. The summed E-state index contributed by atoms with van der Waals surface area (Å²) in [5, 5.41) is 7.89. The molecular formula is C42H25N3O. The van der Waals surface area contributed by atoms with Gasteiger partial charge < -0.3 is 4.42 Å². The highest BCUT2D eigenvalue weighted by Gasteiger charge is 2.23. The molecule has 0 fully saturated rings. The minimum atomic E-state index is 0.655. The van der Waals surface area contributed by atoms with E-state index in [0.29, 0.717) is 11.4 Å². The molecule has 0 N–H and O–H groups in total. The topological polar surface area (TPSA) is 43.9 Å². The van der Waals surface area contributed by atoms with Crippen molar-refractivity contribution in [3.05, 3.63) is 152 Å². The van der Waals surface area contributed by atoms with Crippen molar-refractivity contribution >= 4 is 65.4 Å². The molecule has 10 aromatic rings. The van der Waals surface area contributed by atoms with Crippen molar-refractivity contribution < 1.29 is 4.42 Å². The Labute approximate surface area is 263 Å². The van der Waals surface area contributed by atoms with Gasteiger partial charge in [0, 0.05) is 27.1 Å². The van der Waals surface area contributed by atoms with E-state index in [0.717, 1.165) is 60.8 Å². The third kappa shape index (κ3) is 3.67. The van der Waals surface area contributed by atoms with Gasteiger partial charge in [-0.25, -0.2) is 9.97 Å². The maximum absolute atomic E-state index is 6.84. The van der Waals surface area contributed by atoms with Crippen LogP contribution in [0.15, 0.2) is 156 Å². The Morgan fingerprint density at radius 3 is 1.98 bits per heavy atom. The van der Waals surface area contributed by atoms with E-state index in [1.54, 1.807) is 0 Å². The average molecular weight is 588 g/mol.